The number of aromatic amines is 1. The highest BCUT2D eigenvalue weighted by Gasteiger charge is 2.26. The summed E-state index contributed by atoms with van der Waals surface area (Å²) < 4.78 is 0. The molecule has 2 aliphatic heterocycles. The molecule has 1 aromatic rings. The topological polar surface area (TPSA) is 47.2 Å². The van der Waals surface area contributed by atoms with Crippen molar-refractivity contribution in [3.63, 3.8) is 0 Å². The number of nitrogens with one attached hydrogen (secondary N) is 2. The number of hydrogen-bond donors (Lipinski definition) is 2. The molecular formula is C14H25N5. The fourth-order valence-electron chi connectivity index (χ4n) is 3.38. The minimum absolute atomic E-state index is 0.552. The van der Waals surface area contributed by atoms with Gasteiger partial charge in [-0.3, -0.25) is 9.80 Å². The first kappa shape index (κ1) is 13.1. The van der Waals surface area contributed by atoms with Gasteiger partial charge in [-0.1, -0.05) is 6.92 Å². The van der Waals surface area contributed by atoms with Crippen LogP contribution in [0.5, 0.6) is 0 Å². The SMILES string of the molecule is CCN1CCN(CC2Cc3nc[nH]c3CN2)CC1C. The quantitative estimate of drug-likeness (QED) is 0.831. The van der Waals surface area contributed by atoms with Crippen LogP contribution in [0.3, 0.4) is 0 Å². The summed E-state index contributed by atoms with van der Waals surface area (Å²) in [5, 5.41) is 3.62. The Hall–Kier alpha value is -0.910. The molecule has 19 heavy (non-hydrogen) atoms. The first-order valence-corrected chi connectivity index (χ1v) is 7.47. The van der Waals surface area contributed by atoms with Gasteiger partial charge in [0.05, 0.1) is 17.7 Å². The van der Waals surface area contributed by atoms with E-state index in [0.29, 0.717) is 12.1 Å². The number of likely N-dealkylation sites (N-methyl/N-ethyl adjacent to an activating group) is 1. The van der Waals surface area contributed by atoms with Crippen molar-refractivity contribution in [1.29, 1.82) is 0 Å². The number of hydrogen-bond acceptors (Lipinski definition) is 4. The van der Waals surface area contributed by atoms with E-state index in [2.05, 4.69) is 38.9 Å². The molecule has 106 valence electrons. The van der Waals surface area contributed by atoms with E-state index in [9.17, 15) is 0 Å². The summed E-state index contributed by atoms with van der Waals surface area (Å²) in [7, 11) is 0. The summed E-state index contributed by atoms with van der Waals surface area (Å²) in [6.07, 6.45) is 2.87. The second-order valence-corrected chi connectivity index (χ2v) is 5.85. The predicted molar refractivity (Wildman–Crippen MR) is 76.1 cm³/mol. The molecule has 0 spiro atoms. The van der Waals surface area contributed by atoms with Gasteiger partial charge in [0.2, 0.25) is 0 Å². The maximum Gasteiger partial charge on any atom is 0.0925 e. The van der Waals surface area contributed by atoms with E-state index >= 15 is 0 Å². The summed E-state index contributed by atoms with van der Waals surface area (Å²) in [4.78, 5) is 12.8. The van der Waals surface area contributed by atoms with Crippen LogP contribution in [-0.2, 0) is 13.0 Å². The number of piperazine rings is 1. The van der Waals surface area contributed by atoms with Gasteiger partial charge in [0, 0.05) is 51.2 Å². The molecule has 2 N–H and O–H groups in total. The molecule has 0 radical (unpaired) electrons. The zero-order chi connectivity index (χ0) is 13.2. The van der Waals surface area contributed by atoms with Crippen molar-refractivity contribution in [2.24, 2.45) is 0 Å². The third-order valence-electron chi connectivity index (χ3n) is 4.55. The fraction of sp³-hybridized carbons (Fsp3) is 0.786. The molecule has 2 unspecified atom stereocenters. The Morgan fingerprint density at radius 3 is 3.11 bits per heavy atom. The summed E-state index contributed by atoms with van der Waals surface area (Å²) in [6.45, 7) is 11.5. The molecule has 1 aromatic heterocycles. The highest BCUT2D eigenvalue weighted by molar-refractivity contribution is 5.16. The smallest absolute Gasteiger partial charge is 0.0925 e. The number of H-pyrrole nitrogens is 1. The molecule has 2 aliphatic rings. The first-order chi connectivity index (χ1) is 9.26. The van der Waals surface area contributed by atoms with Crippen molar-refractivity contribution in [2.45, 2.75) is 38.9 Å². The van der Waals surface area contributed by atoms with Crippen LogP contribution in [-0.4, -0.2) is 64.6 Å². The van der Waals surface area contributed by atoms with Gasteiger partial charge in [-0.15, -0.1) is 0 Å². The Balaban J connectivity index is 1.53. The zero-order valence-electron chi connectivity index (χ0n) is 12.0. The normalized spacial score (nSPS) is 29.4. The molecule has 3 heterocycles. The van der Waals surface area contributed by atoms with E-state index in [0.717, 1.165) is 19.5 Å². The summed E-state index contributed by atoms with van der Waals surface area (Å²) in [6, 6.07) is 1.24. The first-order valence-electron chi connectivity index (χ1n) is 7.47. The molecule has 5 heteroatoms. The van der Waals surface area contributed by atoms with Crippen molar-refractivity contribution >= 4 is 0 Å². The van der Waals surface area contributed by atoms with E-state index in [1.54, 1.807) is 0 Å². The van der Waals surface area contributed by atoms with Gasteiger partial charge in [0.15, 0.2) is 0 Å². The molecule has 0 aliphatic carbocycles. The van der Waals surface area contributed by atoms with Crippen LogP contribution in [0.1, 0.15) is 25.2 Å². The van der Waals surface area contributed by atoms with Crippen molar-refractivity contribution < 1.29 is 0 Å². The fourth-order valence-corrected chi connectivity index (χ4v) is 3.38. The van der Waals surface area contributed by atoms with E-state index in [4.69, 9.17) is 0 Å². The number of fused-ring (bicyclic) bond motifs is 1. The average molecular weight is 263 g/mol. The lowest BCUT2D eigenvalue weighted by molar-refractivity contribution is 0.0803. The number of imidazole rings is 1. The third-order valence-corrected chi connectivity index (χ3v) is 4.55. The molecule has 0 aromatic carbocycles. The van der Waals surface area contributed by atoms with Gasteiger partial charge < -0.3 is 10.3 Å². The number of rotatable bonds is 3. The van der Waals surface area contributed by atoms with Gasteiger partial charge >= 0.3 is 0 Å². The molecule has 1 fully saturated rings. The molecule has 1 saturated heterocycles. The lowest BCUT2D eigenvalue weighted by Gasteiger charge is -2.41. The Labute approximate surface area is 115 Å². The Bertz CT molecular complexity index is 416. The minimum atomic E-state index is 0.552. The highest BCUT2D eigenvalue weighted by Crippen LogP contribution is 2.15. The lowest BCUT2D eigenvalue weighted by Crippen LogP contribution is -2.55. The van der Waals surface area contributed by atoms with E-state index in [-0.39, 0.29) is 0 Å². The average Bonchev–Trinajstić information content (AvgIpc) is 2.86. The van der Waals surface area contributed by atoms with Crippen molar-refractivity contribution in [1.82, 2.24) is 25.1 Å². The van der Waals surface area contributed by atoms with Gasteiger partial charge in [0.25, 0.3) is 0 Å². The standard InChI is InChI=1S/C14H25N5/c1-3-19-5-4-18(8-11(19)2)9-12-6-13-14(7-15-12)17-10-16-13/h10-12,15H,3-9H2,1-2H3,(H,16,17). The number of nitrogens with zero attached hydrogens (tertiary/aromatic N) is 3. The van der Waals surface area contributed by atoms with Gasteiger partial charge in [-0.25, -0.2) is 4.98 Å². The largest absolute Gasteiger partial charge is 0.347 e. The van der Waals surface area contributed by atoms with Gasteiger partial charge in [-0.2, -0.15) is 0 Å². The van der Waals surface area contributed by atoms with Crippen LogP contribution in [0.25, 0.3) is 0 Å². The lowest BCUT2D eigenvalue weighted by atomic mass is 10.0. The molecule has 0 saturated carbocycles. The zero-order valence-corrected chi connectivity index (χ0v) is 12.0. The van der Waals surface area contributed by atoms with Crippen LogP contribution >= 0.6 is 0 Å². The molecule has 3 rings (SSSR count). The highest BCUT2D eigenvalue weighted by atomic mass is 15.3. The van der Waals surface area contributed by atoms with Crippen molar-refractivity contribution in [3.05, 3.63) is 17.7 Å². The summed E-state index contributed by atoms with van der Waals surface area (Å²) >= 11 is 0. The maximum absolute atomic E-state index is 4.42. The Kier molecular flexibility index (Phi) is 3.86. The Morgan fingerprint density at radius 1 is 1.42 bits per heavy atom. The van der Waals surface area contributed by atoms with Crippen LogP contribution < -0.4 is 5.32 Å². The summed E-state index contributed by atoms with van der Waals surface area (Å²) in [5.74, 6) is 0. The van der Waals surface area contributed by atoms with Gasteiger partial charge in [0.1, 0.15) is 0 Å². The number of aromatic nitrogens is 2. The molecular weight excluding hydrogens is 238 g/mol. The van der Waals surface area contributed by atoms with E-state index in [1.165, 1.54) is 37.6 Å². The van der Waals surface area contributed by atoms with Crippen molar-refractivity contribution in [2.75, 3.05) is 32.7 Å². The maximum atomic E-state index is 4.42. The van der Waals surface area contributed by atoms with Gasteiger partial charge in [-0.05, 0) is 13.5 Å². The van der Waals surface area contributed by atoms with Crippen LogP contribution in [0, 0.1) is 0 Å². The van der Waals surface area contributed by atoms with E-state index < -0.39 is 0 Å². The van der Waals surface area contributed by atoms with Crippen molar-refractivity contribution in [3.8, 4) is 0 Å². The van der Waals surface area contributed by atoms with Crippen LogP contribution in [0.2, 0.25) is 0 Å². The predicted octanol–water partition coefficient (Wildman–Crippen LogP) is 0.450. The van der Waals surface area contributed by atoms with Crippen LogP contribution in [0.15, 0.2) is 6.33 Å². The monoisotopic (exact) mass is 263 g/mol. The minimum Gasteiger partial charge on any atom is -0.347 e. The Morgan fingerprint density at radius 2 is 2.32 bits per heavy atom. The molecule has 0 bridgehead atoms. The van der Waals surface area contributed by atoms with Crippen LogP contribution in [0.4, 0.5) is 0 Å². The van der Waals surface area contributed by atoms with E-state index in [1.807, 2.05) is 6.33 Å². The molecule has 0 amide bonds. The third kappa shape index (κ3) is 2.83. The summed E-state index contributed by atoms with van der Waals surface area (Å²) in [5.41, 5.74) is 2.52. The molecule has 5 nitrogen and oxygen atoms in total. The molecule has 2 atom stereocenters. The second-order valence-electron chi connectivity index (χ2n) is 5.85. The second kappa shape index (κ2) is 5.61.